The minimum Gasteiger partial charge on any atom is -0.458 e. The first-order valence-electron chi connectivity index (χ1n) is 5.20. The molecule has 0 aliphatic carbocycles. The van der Waals surface area contributed by atoms with Crippen LogP contribution in [-0.4, -0.2) is 5.78 Å². The van der Waals surface area contributed by atoms with Crippen LogP contribution in [0, 0.1) is 5.82 Å². The molecule has 17 heavy (non-hydrogen) atoms. The van der Waals surface area contributed by atoms with Crippen LogP contribution in [0.1, 0.15) is 28.8 Å². The highest BCUT2D eigenvalue weighted by Gasteiger charge is 2.17. The number of halogens is 2. The van der Waals surface area contributed by atoms with Gasteiger partial charge in [0.15, 0.2) is 5.76 Å². The SMILES string of the molecule is CCc1ccc(C(=O)c2cc(Br)ccc2F)o1. The zero-order valence-corrected chi connectivity index (χ0v) is 10.8. The molecule has 4 heteroatoms. The third-order valence-electron chi connectivity index (χ3n) is 2.41. The Hall–Kier alpha value is -1.42. The Bertz CT molecular complexity index is 560. The summed E-state index contributed by atoms with van der Waals surface area (Å²) in [4.78, 5) is 12.0. The van der Waals surface area contributed by atoms with Crippen LogP contribution >= 0.6 is 15.9 Å². The predicted molar refractivity (Wildman–Crippen MR) is 65.6 cm³/mol. The molecule has 0 bridgehead atoms. The summed E-state index contributed by atoms with van der Waals surface area (Å²) < 4.78 is 19.5. The van der Waals surface area contributed by atoms with Gasteiger partial charge in [0, 0.05) is 10.9 Å². The number of rotatable bonds is 3. The number of ketones is 1. The van der Waals surface area contributed by atoms with Gasteiger partial charge in [0.05, 0.1) is 5.56 Å². The quantitative estimate of drug-likeness (QED) is 0.802. The van der Waals surface area contributed by atoms with E-state index in [1.165, 1.54) is 12.1 Å². The van der Waals surface area contributed by atoms with E-state index in [0.29, 0.717) is 16.7 Å². The molecule has 2 rings (SSSR count). The first-order chi connectivity index (χ1) is 8.11. The van der Waals surface area contributed by atoms with Crippen LogP contribution in [0.3, 0.4) is 0 Å². The molecule has 88 valence electrons. The summed E-state index contributed by atoms with van der Waals surface area (Å²) in [6.45, 7) is 1.92. The van der Waals surface area contributed by atoms with Crippen molar-refractivity contribution < 1.29 is 13.6 Å². The third kappa shape index (κ3) is 2.47. The molecular formula is C13H10BrFO2. The maximum Gasteiger partial charge on any atom is 0.231 e. The second kappa shape index (κ2) is 4.84. The van der Waals surface area contributed by atoms with E-state index >= 15 is 0 Å². The average molecular weight is 297 g/mol. The molecule has 0 amide bonds. The molecule has 0 aliphatic heterocycles. The zero-order valence-electron chi connectivity index (χ0n) is 9.17. The van der Waals surface area contributed by atoms with E-state index in [1.807, 2.05) is 6.92 Å². The third-order valence-corrected chi connectivity index (χ3v) is 2.90. The monoisotopic (exact) mass is 296 g/mol. The van der Waals surface area contributed by atoms with Gasteiger partial charge < -0.3 is 4.42 Å². The zero-order chi connectivity index (χ0) is 12.4. The van der Waals surface area contributed by atoms with Crippen molar-refractivity contribution in [2.75, 3.05) is 0 Å². The molecule has 0 radical (unpaired) electrons. The molecule has 0 N–H and O–H groups in total. The van der Waals surface area contributed by atoms with E-state index < -0.39 is 11.6 Å². The molecule has 0 saturated carbocycles. The van der Waals surface area contributed by atoms with Crippen LogP contribution in [0.2, 0.25) is 0 Å². The fourth-order valence-electron chi connectivity index (χ4n) is 1.49. The summed E-state index contributed by atoms with van der Waals surface area (Å²) >= 11 is 3.21. The van der Waals surface area contributed by atoms with E-state index in [4.69, 9.17) is 4.42 Å². The topological polar surface area (TPSA) is 30.2 Å². The summed E-state index contributed by atoms with van der Waals surface area (Å²) in [5.74, 6) is -0.112. The molecule has 1 heterocycles. The average Bonchev–Trinajstić information content (AvgIpc) is 2.80. The van der Waals surface area contributed by atoms with E-state index in [0.717, 1.165) is 0 Å². The Kier molecular flexibility index (Phi) is 3.43. The summed E-state index contributed by atoms with van der Waals surface area (Å²) in [6.07, 6.45) is 0.703. The number of carbonyl (C=O) groups excluding carboxylic acids is 1. The van der Waals surface area contributed by atoms with Gasteiger partial charge in [0.25, 0.3) is 0 Å². The fourth-order valence-corrected chi connectivity index (χ4v) is 1.86. The van der Waals surface area contributed by atoms with Crippen molar-refractivity contribution in [3.63, 3.8) is 0 Å². The summed E-state index contributed by atoms with van der Waals surface area (Å²) in [5.41, 5.74) is 0.0105. The van der Waals surface area contributed by atoms with Crippen LogP contribution in [-0.2, 0) is 6.42 Å². The largest absolute Gasteiger partial charge is 0.458 e. The molecule has 0 atom stereocenters. The molecule has 1 aromatic carbocycles. The lowest BCUT2D eigenvalue weighted by Crippen LogP contribution is -2.02. The van der Waals surface area contributed by atoms with Crippen molar-refractivity contribution in [3.8, 4) is 0 Å². The van der Waals surface area contributed by atoms with Gasteiger partial charge in [-0.05, 0) is 30.3 Å². The van der Waals surface area contributed by atoms with Crippen LogP contribution in [0.4, 0.5) is 4.39 Å². The first kappa shape index (κ1) is 12.0. The van der Waals surface area contributed by atoms with Crippen LogP contribution in [0.15, 0.2) is 39.2 Å². The van der Waals surface area contributed by atoms with Crippen LogP contribution < -0.4 is 0 Å². The first-order valence-corrected chi connectivity index (χ1v) is 5.99. The van der Waals surface area contributed by atoms with Gasteiger partial charge in [-0.2, -0.15) is 0 Å². The molecule has 0 spiro atoms. The predicted octanol–water partition coefficient (Wildman–Crippen LogP) is 3.97. The molecule has 0 fully saturated rings. The van der Waals surface area contributed by atoms with Crippen LogP contribution in [0.25, 0.3) is 0 Å². The number of furan rings is 1. The van der Waals surface area contributed by atoms with Crippen molar-refractivity contribution in [1.29, 1.82) is 0 Å². The Labute approximate surface area is 107 Å². The maximum atomic E-state index is 13.5. The molecule has 0 aliphatic rings. The number of carbonyl (C=O) groups is 1. The van der Waals surface area contributed by atoms with Gasteiger partial charge in [-0.1, -0.05) is 22.9 Å². The molecule has 0 unspecified atom stereocenters. The van der Waals surface area contributed by atoms with Gasteiger partial charge in [-0.25, -0.2) is 4.39 Å². The number of hydrogen-bond acceptors (Lipinski definition) is 2. The van der Waals surface area contributed by atoms with Crippen molar-refractivity contribution in [3.05, 3.63) is 57.7 Å². The second-order valence-electron chi connectivity index (χ2n) is 3.57. The lowest BCUT2D eigenvalue weighted by molar-refractivity contribution is 0.100. The standard InChI is InChI=1S/C13H10BrFO2/c1-2-9-4-6-12(17-9)13(16)10-7-8(14)3-5-11(10)15/h3-7H,2H2,1H3. The van der Waals surface area contributed by atoms with Crippen molar-refractivity contribution in [2.24, 2.45) is 0 Å². The van der Waals surface area contributed by atoms with Crippen molar-refractivity contribution in [1.82, 2.24) is 0 Å². The van der Waals surface area contributed by atoms with E-state index in [1.54, 1.807) is 18.2 Å². The van der Waals surface area contributed by atoms with Crippen molar-refractivity contribution in [2.45, 2.75) is 13.3 Å². The molecular weight excluding hydrogens is 287 g/mol. The van der Waals surface area contributed by atoms with Crippen molar-refractivity contribution >= 4 is 21.7 Å². The normalized spacial score (nSPS) is 10.5. The van der Waals surface area contributed by atoms with E-state index in [9.17, 15) is 9.18 Å². The smallest absolute Gasteiger partial charge is 0.231 e. The van der Waals surface area contributed by atoms with Crippen LogP contribution in [0.5, 0.6) is 0 Å². The number of aryl methyl sites for hydroxylation is 1. The number of hydrogen-bond donors (Lipinski definition) is 0. The second-order valence-corrected chi connectivity index (χ2v) is 4.49. The van der Waals surface area contributed by atoms with E-state index in [-0.39, 0.29) is 11.3 Å². The molecule has 2 nitrogen and oxygen atoms in total. The highest BCUT2D eigenvalue weighted by Crippen LogP contribution is 2.20. The molecule has 1 aromatic heterocycles. The Morgan fingerprint density at radius 1 is 1.35 bits per heavy atom. The van der Waals surface area contributed by atoms with Gasteiger partial charge in [0.2, 0.25) is 5.78 Å². The Morgan fingerprint density at radius 3 is 2.76 bits per heavy atom. The van der Waals surface area contributed by atoms with Gasteiger partial charge >= 0.3 is 0 Å². The summed E-state index contributed by atoms with van der Waals surface area (Å²) in [7, 11) is 0. The maximum absolute atomic E-state index is 13.5. The van der Waals surface area contributed by atoms with Gasteiger partial charge in [-0.15, -0.1) is 0 Å². The lowest BCUT2D eigenvalue weighted by atomic mass is 10.1. The highest BCUT2D eigenvalue weighted by molar-refractivity contribution is 9.10. The minimum atomic E-state index is -0.548. The highest BCUT2D eigenvalue weighted by atomic mass is 79.9. The molecule has 0 saturated heterocycles. The van der Waals surface area contributed by atoms with E-state index in [2.05, 4.69) is 15.9 Å². The van der Waals surface area contributed by atoms with Gasteiger partial charge in [0.1, 0.15) is 11.6 Å². The fraction of sp³-hybridized carbons (Fsp3) is 0.154. The molecule has 2 aromatic rings. The Balaban J connectivity index is 2.39. The number of benzene rings is 1. The van der Waals surface area contributed by atoms with Gasteiger partial charge in [-0.3, -0.25) is 4.79 Å². The minimum absolute atomic E-state index is 0.0105. The Morgan fingerprint density at radius 2 is 2.12 bits per heavy atom. The summed E-state index contributed by atoms with van der Waals surface area (Å²) in [6, 6.07) is 7.54. The summed E-state index contributed by atoms with van der Waals surface area (Å²) in [5, 5.41) is 0. The lowest BCUT2D eigenvalue weighted by Gasteiger charge is -2.00.